The van der Waals surface area contributed by atoms with Crippen molar-refractivity contribution in [2.75, 3.05) is 6.54 Å². The molecule has 0 aliphatic rings. The van der Waals surface area contributed by atoms with Crippen molar-refractivity contribution in [1.82, 2.24) is 0 Å². The van der Waals surface area contributed by atoms with Crippen LogP contribution in [0.4, 0.5) is 4.39 Å². The fraction of sp³-hybridized carbons (Fsp3) is 0.231. The van der Waals surface area contributed by atoms with Crippen LogP contribution in [0.1, 0.15) is 17.6 Å². The first-order chi connectivity index (χ1) is 9.01. The summed E-state index contributed by atoms with van der Waals surface area (Å²) < 4.78 is 25.1. The van der Waals surface area contributed by atoms with E-state index in [0.29, 0.717) is 16.0 Å². The van der Waals surface area contributed by atoms with E-state index in [-0.39, 0.29) is 11.6 Å². The monoisotopic (exact) mass is 347 g/mol. The summed E-state index contributed by atoms with van der Waals surface area (Å²) in [6.07, 6.45) is -0.481. The van der Waals surface area contributed by atoms with Crippen LogP contribution in [-0.2, 0) is 0 Å². The van der Waals surface area contributed by atoms with E-state index in [1.54, 1.807) is 6.07 Å². The maximum absolute atomic E-state index is 13.4. The number of hydrogen-bond donors (Lipinski definition) is 1. The minimum Gasteiger partial charge on any atom is -0.480 e. The molecule has 0 saturated carbocycles. The number of halogens is 3. The quantitative estimate of drug-likeness (QED) is 0.842. The second-order valence-electron chi connectivity index (χ2n) is 3.99. The third kappa shape index (κ3) is 3.29. The molecule has 0 bridgehead atoms. The van der Waals surface area contributed by atoms with Crippen molar-refractivity contribution in [3.63, 3.8) is 0 Å². The van der Waals surface area contributed by atoms with Crippen molar-refractivity contribution in [1.29, 1.82) is 0 Å². The SMILES string of the molecule is Cc1ccc(C(CN)Oc2cc(F)c(Cl)cc2Br)o1. The number of furan rings is 1. The molecule has 0 fully saturated rings. The van der Waals surface area contributed by atoms with Gasteiger partial charge >= 0.3 is 0 Å². The summed E-state index contributed by atoms with van der Waals surface area (Å²) in [6, 6.07) is 6.25. The second-order valence-corrected chi connectivity index (χ2v) is 5.25. The predicted molar refractivity (Wildman–Crippen MR) is 75.0 cm³/mol. The maximum atomic E-state index is 13.4. The average molecular weight is 349 g/mol. The van der Waals surface area contributed by atoms with Gasteiger partial charge in [0.25, 0.3) is 0 Å². The van der Waals surface area contributed by atoms with E-state index in [1.807, 2.05) is 13.0 Å². The molecule has 1 heterocycles. The highest BCUT2D eigenvalue weighted by Crippen LogP contribution is 2.33. The molecule has 1 unspecified atom stereocenters. The molecule has 2 N–H and O–H groups in total. The Kier molecular flexibility index (Phi) is 4.50. The summed E-state index contributed by atoms with van der Waals surface area (Å²) in [5.74, 6) is 1.14. The van der Waals surface area contributed by atoms with Gasteiger partial charge in [-0.15, -0.1) is 0 Å². The number of nitrogens with two attached hydrogens (primary N) is 1. The summed E-state index contributed by atoms with van der Waals surface area (Å²) in [4.78, 5) is 0. The highest BCUT2D eigenvalue weighted by molar-refractivity contribution is 9.10. The fourth-order valence-electron chi connectivity index (χ4n) is 1.60. The minimum atomic E-state index is -0.550. The van der Waals surface area contributed by atoms with Crippen LogP contribution >= 0.6 is 27.5 Å². The van der Waals surface area contributed by atoms with E-state index in [0.717, 1.165) is 5.76 Å². The van der Waals surface area contributed by atoms with E-state index in [9.17, 15) is 4.39 Å². The molecule has 6 heteroatoms. The van der Waals surface area contributed by atoms with Gasteiger partial charge in [-0.2, -0.15) is 0 Å². The fourth-order valence-corrected chi connectivity index (χ4v) is 2.33. The van der Waals surface area contributed by atoms with Gasteiger partial charge in [0.05, 0.1) is 9.50 Å². The third-order valence-corrected chi connectivity index (χ3v) is 3.45. The molecule has 1 aromatic heterocycles. The van der Waals surface area contributed by atoms with Crippen LogP contribution in [0.2, 0.25) is 5.02 Å². The van der Waals surface area contributed by atoms with Gasteiger partial charge in [0.2, 0.25) is 0 Å². The Balaban J connectivity index is 2.26. The Morgan fingerprint density at radius 1 is 1.47 bits per heavy atom. The number of rotatable bonds is 4. The Morgan fingerprint density at radius 3 is 2.79 bits per heavy atom. The third-order valence-electron chi connectivity index (χ3n) is 2.54. The van der Waals surface area contributed by atoms with Crippen molar-refractivity contribution in [2.45, 2.75) is 13.0 Å². The van der Waals surface area contributed by atoms with Crippen LogP contribution in [0, 0.1) is 12.7 Å². The highest BCUT2D eigenvalue weighted by Gasteiger charge is 2.18. The van der Waals surface area contributed by atoms with Gasteiger partial charge in [-0.1, -0.05) is 11.6 Å². The van der Waals surface area contributed by atoms with E-state index in [1.165, 1.54) is 12.1 Å². The topological polar surface area (TPSA) is 48.4 Å². The standard InChI is InChI=1S/C13H12BrClFNO2/c1-7-2-3-11(18-7)13(6-17)19-12-5-10(16)9(15)4-8(12)14/h2-5,13H,6,17H2,1H3. The molecule has 0 amide bonds. The smallest absolute Gasteiger partial charge is 0.168 e. The van der Waals surface area contributed by atoms with Crippen molar-refractivity contribution in [2.24, 2.45) is 5.73 Å². The molecule has 1 atom stereocenters. The van der Waals surface area contributed by atoms with Gasteiger partial charge in [-0.3, -0.25) is 0 Å². The van der Waals surface area contributed by atoms with Gasteiger partial charge in [-0.25, -0.2) is 4.39 Å². The number of aryl methyl sites for hydroxylation is 1. The van der Waals surface area contributed by atoms with Gasteiger partial charge in [0.1, 0.15) is 23.1 Å². The lowest BCUT2D eigenvalue weighted by Gasteiger charge is -2.16. The maximum Gasteiger partial charge on any atom is 0.168 e. The average Bonchev–Trinajstić information content (AvgIpc) is 2.78. The molecule has 0 aliphatic carbocycles. The summed E-state index contributed by atoms with van der Waals surface area (Å²) in [5.41, 5.74) is 5.66. The molecular weight excluding hydrogens is 337 g/mol. The Labute approximate surface area is 123 Å². The molecule has 3 nitrogen and oxygen atoms in total. The second kappa shape index (κ2) is 5.94. The van der Waals surface area contributed by atoms with Gasteiger partial charge in [-0.05, 0) is 41.1 Å². The molecule has 1 aromatic carbocycles. The number of benzene rings is 1. The van der Waals surface area contributed by atoms with Crippen LogP contribution in [0.25, 0.3) is 0 Å². The molecule has 0 spiro atoms. The van der Waals surface area contributed by atoms with Crippen LogP contribution < -0.4 is 10.5 Å². The minimum absolute atomic E-state index is 0.0253. The molecule has 19 heavy (non-hydrogen) atoms. The van der Waals surface area contributed by atoms with Crippen molar-refractivity contribution < 1.29 is 13.5 Å². The zero-order valence-electron chi connectivity index (χ0n) is 10.1. The Hall–Kier alpha value is -1.04. The van der Waals surface area contributed by atoms with E-state index >= 15 is 0 Å². The summed E-state index contributed by atoms with van der Waals surface area (Å²) >= 11 is 8.94. The molecular formula is C13H12BrClFNO2. The lowest BCUT2D eigenvalue weighted by Crippen LogP contribution is -2.18. The van der Waals surface area contributed by atoms with Crippen LogP contribution in [-0.4, -0.2) is 6.54 Å². The molecule has 102 valence electrons. The molecule has 0 saturated heterocycles. The highest BCUT2D eigenvalue weighted by atomic mass is 79.9. The van der Waals surface area contributed by atoms with Crippen molar-refractivity contribution >= 4 is 27.5 Å². The zero-order valence-corrected chi connectivity index (χ0v) is 12.5. The van der Waals surface area contributed by atoms with Gasteiger partial charge in [0, 0.05) is 12.6 Å². The van der Waals surface area contributed by atoms with E-state index in [4.69, 9.17) is 26.5 Å². The lowest BCUT2D eigenvalue weighted by molar-refractivity contribution is 0.180. The van der Waals surface area contributed by atoms with E-state index in [2.05, 4.69) is 15.9 Å². The number of hydrogen-bond acceptors (Lipinski definition) is 3. The number of ether oxygens (including phenoxy) is 1. The molecule has 0 aliphatic heterocycles. The molecule has 2 aromatic rings. The van der Waals surface area contributed by atoms with Crippen molar-refractivity contribution in [3.8, 4) is 5.75 Å². The first-order valence-electron chi connectivity index (χ1n) is 5.59. The van der Waals surface area contributed by atoms with E-state index < -0.39 is 11.9 Å². The van der Waals surface area contributed by atoms with Gasteiger partial charge in [0.15, 0.2) is 6.10 Å². The summed E-state index contributed by atoms with van der Waals surface area (Å²) in [7, 11) is 0. The van der Waals surface area contributed by atoms with Crippen LogP contribution in [0.5, 0.6) is 5.75 Å². The molecule has 0 radical (unpaired) electrons. The zero-order chi connectivity index (χ0) is 14.0. The molecule has 2 rings (SSSR count). The Morgan fingerprint density at radius 2 is 2.21 bits per heavy atom. The normalized spacial score (nSPS) is 12.5. The summed E-state index contributed by atoms with van der Waals surface area (Å²) in [5, 5.41) is 0.0253. The first-order valence-corrected chi connectivity index (χ1v) is 6.76. The lowest BCUT2D eigenvalue weighted by atomic mass is 10.2. The van der Waals surface area contributed by atoms with Crippen LogP contribution in [0.3, 0.4) is 0 Å². The van der Waals surface area contributed by atoms with Crippen LogP contribution in [0.15, 0.2) is 33.2 Å². The van der Waals surface area contributed by atoms with Crippen molar-refractivity contribution in [3.05, 3.63) is 51.1 Å². The first kappa shape index (κ1) is 14.4. The summed E-state index contributed by atoms with van der Waals surface area (Å²) in [6.45, 7) is 2.04. The largest absolute Gasteiger partial charge is 0.480 e. The Bertz CT molecular complexity index is 588. The van der Waals surface area contributed by atoms with Gasteiger partial charge < -0.3 is 14.9 Å². The predicted octanol–water partition coefficient (Wildman–Crippen LogP) is 4.22.